The van der Waals surface area contributed by atoms with Gasteiger partial charge in [-0.05, 0) is 55.8 Å². The van der Waals surface area contributed by atoms with Gasteiger partial charge in [0.2, 0.25) is 5.13 Å². The van der Waals surface area contributed by atoms with E-state index in [1.54, 1.807) is 24.7 Å². The van der Waals surface area contributed by atoms with Crippen molar-refractivity contribution in [3.63, 3.8) is 0 Å². The number of anilines is 1. The van der Waals surface area contributed by atoms with Crippen LogP contribution < -0.4 is 9.75 Å². The number of nitrogens with zero attached hydrogens (tertiary/aromatic N) is 3. The van der Waals surface area contributed by atoms with Crippen LogP contribution in [0, 0.1) is 13.8 Å². The second-order valence-electron chi connectivity index (χ2n) is 5.99. The highest BCUT2D eigenvalue weighted by Gasteiger charge is 2.33. The monoisotopic (exact) mass is 353 g/mol. The maximum Gasteiger partial charge on any atom is 0.207 e. The standard InChI is InChI=1S/C19H19N3O2S/c1-12-13(2)25-19(20-12)22-17(18-5-4-10-24-18)11-16(21-22)14-6-8-15(23-3)9-7-14/h4-10,17H,11H2,1-3H3/t17-/m0/s1. The van der Waals surface area contributed by atoms with Crippen molar-refractivity contribution in [2.45, 2.75) is 26.3 Å². The Morgan fingerprint density at radius 3 is 2.60 bits per heavy atom. The Balaban J connectivity index is 1.72. The molecule has 0 aliphatic carbocycles. The van der Waals surface area contributed by atoms with Crippen LogP contribution in [-0.4, -0.2) is 17.8 Å². The number of benzene rings is 1. The van der Waals surface area contributed by atoms with Crippen molar-refractivity contribution in [2.75, 3.05) is 12.1 Å². The summed E-state index contributed by atoms with van der Waals surface area (Å²) in [4.78, 5) is 5.89. The van der Waals surface area contributed by atoms with Crippen molar-refractivity contribution in [3.05, 3.63) is 64.6 Å². The largest absolute Gasteiger partial charge is 0.497 e. The molecule has 0 spiro atoms. The van der Waals surface area contributed by atoms with Crippen LogP contribution in [0.15, 0.2) is 52.2 Å². The summed E-state index contributed by atoms with van der Waals surface area (Å²) in [7, 11) is 1.67. The maximum absolute atomic E-state index is 5.67. The molecular weight excluding hydrogens is 334 g/mol. The van der Waals surface area contributed by atoms with E-state index in [1.807, 2.05) is 48.3 Å². The molecule has 0 saturated heterocycles. The smallest absolute Gasteiger partial charge is 0.207 e. The molecule has 6 heteroatoms. The van der Waals surface area contributed by atoms with Gasteiger partial charge in [0, 0.05) is 11.3 Å². The van der Waals surface area contributed by atoms with Gasteiger partial charge in [-0.25, -0.2) is 9.99 Å². The van der Waals surface area contributed by atoms with Gasteiger partial charge >= 0.3 is 0 Å². The second kappa shape index (κ2) is 6.37. The SMILES string of the molecule is COc1ccc(C2=NN(c3nc(C)c(C)s3)[C@H](c3ccco3)C2)cc1. The highest BCUT2D eigenvalue weighted by atomic mass is 32.1. The number of hydrogen-bond acceptors (Lipinski definition) is 6. The van der Waals surface area contributed by atoms with Gasteiger partial charge in [0.15, 0.2) is 0 Å². The van der Waals surface area contributed by atoms with Crippen molar-refractivity contribution < 1.29 is 9.15 Å². The molecule has 0 bridgehead atoms. The van der Waals surface area contributed by atoms with Crippen LogP contribution in [0.2, 0.25) is 0 Å². The highest BCUT2D eigenvalue weighted by molar-refractivity contribution is 7.15. The number of aromatic nitrogens is 1. The molecule has 0 radical (unpaired) electrons. The number of thiazole rings is 1. The molecule has 25 heavy (non-hydrogen) atoms. The van der Waals surface area contributed by atoms with Crippen molar-refractivity contribution in [3.8, 4) is 5.75 Å². The molecule has 4 rings (SSSR count). The number of rotatable bonds is 4. The molecule has 1 aromatic carbocycles. The fourth-order valence-electron chi connectivity index (χ4n) is 2.90. The average Bonchev–Trinajstić information content (AvgIpc) is 3.35. The highest BCUT2D eigenvalue weighted by Crippen LogP contribution is 2.39. The summed E-state index contributed by atoms with van der Waals surface area (Å²) in [5.74, 6) is 1.74. The predicted octanol–water partition coefficient (Wildman–Crippen LogP) is 4.72. The third-order valence-electron chi connectivity index (χ3n) is 4.42. The first-order valence-corrected chi connectivity index (χ1v) is 8.96. The van der Waals surface area contributed by atoms with E-state index in [1.165, 1.54) is 4.88 Å². The minimum absolute atomic E-state index is 0.0250. The van der Waals surface area contributed by atoms with E-state index < -0.39 is 0 Å². The molecule has 1 atom stereocenters. The van der Waals surface area contributed by atoms with E-state index in [2.05, 4.69) is 11.9 Å². The lowest BCUT2D eigenvalue weighted by atomic mass is 10.0. The second-order valence-corrected chi connectivity index (χ2v) is 7.17. The van der Waals surface area contributed by atoms with E-state index in [9.17, 15) is 0 Å². The normalized spacial score (nSPS) is 17.0. The summed E-state index contributed by atoms with van der Waals surface area (Å²) >= 11 is 1.66. The van der Waals surface area contributed by atoms with Gasteiger partial charge < -0.3 is 9.15 Å². The number of hydrazone groups is 1. The molecule has 128 valence electrons. The zero-order chi connectivity index (χ0) is 17.4. The number of ether oxygens (including phenoxy) is 1. The Hall–Kier alpha value is -2.60. The van der Waals surface area contributed by atoms with E-state index >= 15 is 0 Å². The zero-order valence-electron chi connectivity index (χ0n) is 14.4. The molecular formula is C19H19N3O2S. The molecule has 5 nitrogen and oxygen atoms in total. The van der Waals surface area contributed by atoms with Gasteiger partial charge in [-0.2, -0.15) is 5.10 Å². The maximum atomic E-state index is 5.67. The predicted molar refractivity (Wildman–Crippen MR) is 99.7 cm³/mol. The molecule has 0 N–H and O–H groups in total. The lowest BCUT2D eigenvalue weighted by molar-refractivity contribution is 0.415. The fourth-order valence-corrected chi connectivity index (χ4v) is 3.81. The molecule has 0 fully saturated rings. The van der Waals surface area contributed by atoms with E-state index in [-0.39, 0.29) is 6.04 Å². The molecule has 0 amide bonds. The Labute approximate surface area is 150 Å². The van der Waals surface area contributed by atoms with Crippen LogP contribution in [0.1, 0.15) is 34.4 Å². The Bertz CT molecular complexity index is 878. The summed E-state index contributed by atoms with van der Waals surface area (Å²) in [5, 5.41) is 7.76. The van der Waals surface area contributed by atoms with Crippen LogP contribution >= 0.6 is 11.3 Å². The number of methoxy groups -OCH3 is 1. The molecule has 1 aliphatic rings. The summed E-state index contributed by atoms with van der Waals surface area (Å²) in [6.07, 6.45) is 2.48. The third-order valence-corrected chi connectivity index (χ3v) is 5.48. The van der Waals surface area contributed by atoms with Gasteiger partial charge in [0.05, 0.1) is 24.8 Å². The van der Waals surface area contributed by atoms with Gasteiger partial charge in [-0.3, -0.25) is 0 Å². The van der Waals surface area contributed by atoms with Crippen LogP contribution in [0.3, 0.4) is 0 Å². The minimum Gasteiger partial charge on any atom is -0.497 e. The van der Waals surface area contributed by atoms with Gasteiger partial charge in [0.1, 0.15) is 17.6 Å². The topological polar surface area (TPSA) is 50.9 Å². The number of furan rings is 1. The van der Waals surface area contributed by atoms with Crippen LogP contribution in [0.5, 0.6) is 5.75 Å². The zero-order valence-corrected chi connectivity index (χ0v) is 15.2. The Morgan fingerprint density at radius 2 is 2.00 bits per heavy atom. The first-order chi connectivity index (χ1) is 12.2. The summed E-state index contributed by atoms with van der Waals surface area (Å²) < 4.78 is 10.9. The Morgan fingerprint density at radius 1 is 1.20 bits per heavy atom. The number of aryl methyl sites for hydroxylation is 2. The molecule has 0 saturated carbocycles. The van der Waals surface area contributed by atoms with Gasteiger partial charge in [-0.15, -0.1) is 11.3 Å². The van der Waals surface area contributed by atoms with Crippen LogP contribution in [-0.2, 0) is 0 Å². The third kappa shape index (κ3) is 2.93. The quantitative estimate of drug-likeness (QED) is 0.681. The molecule has 2 aromatic heterocycles. The minimum atomic E-state index is 0.0250. The summed E-state index contributed by atoms with van der Waals surface area (Å²) in [5.41, 5.74) is 3.16. The molecule has 1 aliphatic heterocycles. The molecule has 0 unspecified atom stereocenters. The van der Waals surface area contributed by atoms with Crippen molar-refractivity contribution in [2.24, 2.45) is 5.10 Å². The van der Waals surface area contributed by atoms with Crippen molar-refractivity contribution >= 4 is 22.2 Å². The number of hydrogen-bond donors (Lipinski definition) is 0. The van der Waals surface area contributed by atoms with Gasteiger partial charge in [0.25, 0.3) is 0 Å². The first-order valence-electron chi connectivity index (χ1n) is 8.14. The summed E-state index contributed by atoms with van der Waals surface area (Å²) in [6.45, 7) is 4.12. The average molecular weight is 353 g/mol. The van der Waals surface area contributed by atoms with Gasteiger partial charge in [-0.1, -0.05) is 0 Å². The Kier molecular flexibility index (Phi) is 4.05. The molecule has 3 heterocycles. The van der Waals surface area contributed by atoms with E-state index in [0.717, 1.165) is 40.0 Å². The van der Waals surface area contributed by atoms with Crippen LogP contribution in [0.25, 0.3) is 0 Å². The molecule has 3 aromatic rings. The lowest BCUT2D eigenvalue weighted by Gasteiger charge is -2.18. The lowest BCUT2D eigenvalue weighted by Crippen LogP contribution is -2.17. The first kappa shape index (κ1) is 15.9. The van der Waals surface area contributed by atoms with E-state index in [0.29, 0.717) is 0 Å². The fraction of sp³-hybridized carbons (Fsp3) is 0.263. The van der Waals surface area contributed by atoms with Crippen molar-refractivity contribution in [1.29, 1.82) is 0 Å². The van der Waals surface area contributed by atoms with Crippen LogP contribution in [0.4, 0.5) is 5.13 Å². The summed E-state index contributed by atoms with van der Waals surface area (Å²) in [6, 6.07) is 11.9. The van der Waals surface area contributed by atoms with Crippen molar-refractivity contribution in [1.82, 2.24) is 4.98 Å². The van der Waals surface area contributed by atoms with E-state index in [4.69, 9.17) is 14.3 Å².